The number of rotatable bonds is 5. The molecule has 2 saturated heterocycles. The van der Waals surface area contributed by atoms with E-state index in [-0.39, 0.29) is 35.6 Å². The first-order valence-corrected chi connectivity index (χ1v) is 11.8. The number of hydrogen-bond acceptors (Lipinski definition) is 4. The summed E-state index contributed by atoms with van der Waals surface area (Å²) < 4.78 is 1.96. The van der Waals surface area contributed by atoms with Gasteiger partial charge in [-0.3, -0.25) is 19.3 Å². The van der Waals surface area contributed by atoms with Crippen LogP contribution in [0.4, 0.5) is 4.79 Å². The van der Waals surface area contributed by atoms with Gasteiger partial charge in [0.2, 0.25) is 5.91 Å². The van der Waals surface area contributed by atoms with Gasteiger partial charge in [0.1, 0.15) is 6.54 Å². The molecule has 3 heterocycles. The summed E-state index contributed by atoms with van der Waals surface area (Å²) in [5, 5.41) is 0.751. The Balaban J connectivity index is 1.63. The monoisotopic (exact) mass is 439 g/mol. The number of carbonyl (C=O) groups excluding carboxylic acids is 3. The molecule has 0 spiro atoms. The lowest BCUT2D eigenvalue weighted by molar-refractivity contribution is -0.135. The fourth-order valence-corrected chi connectivity index (χ4v) is 5.23. The molecule has 2 aliphatic heterocycles. The van der Waals surface area contributed by atoms with Crippen LogP contribution in [0.2, 0.25) is 0 Å². The topological polar surface area (TPSA) is 62.6 Å². The Labute approximate surface area is 187 Å². The highest BCUT2D eigenvalue weighted by Crippen LogP contribution is 2.34. The summed E-state index contributed by atoms with van der Waals surface area (Å²) in [5.74, 6) is 0.105. The van der Waals surface area contributed by atoms with Crippen molar-refractivity contribution in [3.63, 3.8) is 0 Å². The molecule has 6 nitrogen and oxygen atoms in total. The molecule has 0 unspecified atom stereocenters. The lowest BCUT2D eigenvalue weighted by Crippen LogP contribution is -2.43. The highest BCUT2D eigenvalue weighted by atomic mass is 32.2. The number of amides is 3. The zero-order valence-electron chi connectivity index (χ0n) is 18.3. The Morgan fingerprint density at radius 2 is 2.00 bits per heavy atom. The zero-order chi connectivity index (χ0) is 22.1. The molecule has 2 aromatic rings. The van der Waals surface area contributed by atoms with Gasteiger partial charge in [-0.25, -0.2) is 0 Å². The lowest BCUT2D eigenvalue weighted by atomic mass is 10.0. The van der Waals surface area contributed by atoms with Gasteiger partial charge in [-0.1, -0.05) is 32.0 Å². The Hall–Kier alpha value is -2.54. The van der Waals surface area contributed by atoms with Crippen LogP contribution in [-0.4, -0.2) is 50.6 Å². The van der Waals surface area contributed by atoms with Crippen LogP contribution in [0, 0.1) is 5.92 Å². The van der Waals surface area contributed by atoms with Gasteiger partial charge >= 0.3 is 0 Å². The number of carbonyl (C=O) groups is 3. The van der Waals surface area contributed by atoms with E-state index >= 15 is 0 Å². The molecule has 0 saturated carbocycles. The molecule has 1 atom stereocenters. The highest BCUT2D eigenvalue weighted by Gasteiger charge is 2.35. The molecule has 4 rings (SSSR count). The average molecular weight is 440 g/mol. The van der Waals surface area contributed by atoms with Gasteiger partial charge in [0.15, 0.2) is 0 Å². The largest absolute Gasteiger partial charge is 0.338 e. The third kappa shape index (κ3) is 4.42. The van der Waals surface area contributed by atoms with E-state index in [0.717, 1.165) is 47.6 Å². The fraction of sp³-hybridized carbons (Fsp3) is 0.458. The average Bonchev–Trinajstić information content (AvgIpc) is 3.20. The van der Waals surface area contributed by atoms with E-state index in [9.17, 15) is 14.4 Å². The van der Waals surface area contributed by atoms with Crippen LogP contribution in [-0.2, 0) is 16.1 Å². The molecule has 0 bridgehead atoms. The molecule has 0 radical (unpaired) electrons. The Kier molecular flexibility index (Phi) is 6.23. The number of likely N-dealkylation sites (tertiary alicyclic amines) is 1. The molecule has 0 aliphatic carbocycles. The smallest absolute Gasteiger partial charge is 0.293 e. The fourth-order valence-electron chi connectivity index (χ4n) is 4.39. The number of imide groups is 1. The van der Waals surface area contributed by atoms with Crippen LogP contribution < -0.4 is 0 Å². The number of nitrogens with zero attached hydrogens (tertiary/aromatic N) is 3. The first kappa shape index (κ1) is 21.7. The van der Waals surface area contributed by atoms with Gasteiger partial charge in [0.25, 0.3) is 11.1 Å². The van der Waals surface area contributed by atoms with Crippen LogP contribution >= 0.6 is 11.8 Å². The molecule has 164 valence electrons. The zero-order valence-corrected chi connectivity index (χ0v) is 19.2. The van der Waals surface area contributed by atoms with E-state index in [1.807, 2.05) is 53.8 Å². The van der Waals surface area contributed by atoms with Crippen LogP contribution in [0.5, 0.6) is 0 Å². The highest BCUT2D eigenvalue weighted by molar-refractivity contribution is 8.18. The maximum atomic E-state index is 13.0. The normalized spacial score (nSPS) is 21.2. The van der Waals surface area contributed by atoms with Gasteiger partial charge in [-0.15, -0.1) is 0 Å². The summed E-state index contributed by atoms with van der Waals surface area (Å²) in [6.07, 6.45) is 6.99. The second kappa shape index (κ2) is 8.91. The molecule has 1 aromatic heterocycles. The van der Waals surface area contributed by atoms with Crippen molar-refractivity contribution in [3.8, 4) is 0 Å². The van der Waals surface area contributed by atoms with E-state index in [4.69, 9.17) is 0 Å². The molecule has 0 N–H and O–H groups in total. The van der Waals surface area contributed by atoms with Crippen LogP contribution in [0.15, 0.2) is 35.4 Å². The molecular formula is C24H29N3O3S. The third-order valence-electron chi connectivity index (χ3n) is 5.96. The third-order valence-corrected chi connectivity index (χ3v) is 6.86. The van der Waals surface area contributed by atoms with E-state index in [2.05, 4.69) is 6.92 Å². The van der Waals surface area contributed by atoms with Crippen molar-refractivity contribution in [2.24, 2.45) is 5.92 Å². The van der Waals surface area contributed by atoms with Gasteiger partial charge in [0, 0.05) is 41.8 Å². The van der Waals surface area contributed by atoms with Gasteiger partial charge in [0.05, 0.1) is 4.91 Å². The van der Waals surface area contributed by atoms with Crippen molar-refractivity contribution in [1.29, 1.82) is 0 Å². The minimum Gasteiger partial charge on any atom is -0.338 e. The summed E-state index contributed by atoms with van der Waals surface area (Å²) in [6.45, 7) is 7.60. The van der Waals surface area contributed by atoms with Crippen molar-refractivity contribution in [3.05, 3.63) is 40.9 Å². The van der Waals surface area contributed by atoms with Crippen LogP contribution in [0.25, 0.3) is 17.0 Å². The number of piperidine rings is 1. The van der Waals surface area contributed by atoms with Gasteiger partial charge in [-0.2, -0.15) is 0 Å². The van der Waals surface area contributed by atoms with Crippen molar-refractivity contribution in [2.75, 3.05) is 13.1 Å². The summed E-state index contributed by atoms with van der Waals surface area (Å²) in [5.41, 5.74) is 1.80. The quantitative estimate of drug-likeness (QED) is 0.632. The Morgan fingerprint density at radius 3 is 2.74 bits per heavy atom. The molecular weight excluding hydrogens is 410 g/mol. The minimum atomic E-state index is -0.237. The number of hydrogen-bond donors (Lipinski definition) is 0. The second-order valence-corrected chi connectivity index (χ2v) is 9.84. The lowest BCUT2D eigenvalue weighted by Gasteiger charge is -2.33. The predicted octanol–water partition coefficient (Wildman–Crippen LogP) is 4.73. The standard InChI is InChI=1S/C24H29N3O3S/c1-16(2)13-27-23(29)21(31-24(27)30)12-18-14-25(20-10-5-4-9-19(18)20)15-22(28)26-11-7-6-8-17(26)3/h4-5,9-10,12,14,16-17H,6-8,11,13,15H2,1-3H3/b21-12-/t17-/m0/s1. The van der Waals surface area contributed by atoms with Crippen molar-refractivity contribution in [2.45, 2.75) is 52.6 Å². The summed E-state index contributed by atoms with van der Waals surface area (Å²) in [7, 11) is 0. The minimum absolute atomic E-state index is 0.122. The van der Waals surface area contributed by atoms with E-state index in [1.54, 1.807) is 6.08 Å². The summed E-state index contributed by atoms with van der Waals surface area (Å²) in [6, 6.07) is 8.15. The molecule has 3 amide bonds. The van der Waals surface area contributed by atoms with Crippen LogP contribution in [0.1, 0.15) is 45.6 Å². The second-order valence-electron chi connectivity index (χ2n) is 8.85. The van der Waals surface area contributed by atoms with Gasteiger partial charge < -0.3 is 9.47 Å². The number of para-hydroxylation sites is 1. The first-order chi connectivity index (χ1) is 14.8. The molecule has 2 fully saturated rings. The maximum absolute atomic E-state index is 13.0. The Morgan fingerprint density at radius 1 is 1.23 bits per heavy atom. The first-order valence-electron chi connectivity index (χ1n) is 11.0. The molecule has 31 heavy (non-hydrogen) atoms. The molecule has 2 aliphatic rings. The number of aromatic nitrogens is 1. The molecule has 1 aromatic carbocycles. The van der Waals surface area contributed by atoms with E-state index in [0.29, 0.717) is 11.4 Å². The number of benzene rings is 1. The predicted molar refractivity (Wildman–Crippen MR) is 124 cm³/mol. The molecule has 7 heteroatoms. The van der Waals surface area contributed by atoms with E-state index < -0.39 is 0 Å². The van der Waals surface area contributed by atoms with Gasteiger partial charge in [-0.05, 0) is 56.0 Å². The summed E-state index contributed by atoms with van der Waals surface area (Å²) >= 11 is 0.987. The number of fused-ring (bicyclic) bond motifs is 1. The van der Waals surface area contributed by atoms with E-state index in [1.165, 1.54) is 11.3 Å². The summed E-state index contributed by atoms with van der Waals surface area (Å²) in [4.78, 5) is 41.8. The van der Waals surface area contributed by atoms with Crippen molar-refractivity contribution < 1.29 is 14.4 Å². The maximum Gasteiger partial charge on any atom is 0.293 e. The van der Waals surface area contributed by atoms with Crippen molar-refractivity contribution in [1.82, 2.24) is 14.4 Å². The van der Waals surface area contributed by atoms with Crippen LogP contribution in [0.3, 0.4) is 0 Å². The Bertz CT molecular complexity index is 1060. The number of thioether (sulfide) groups is 1. The SMILES string of the molecule is CC(C)CN1C(=O)S/C(=C\c2cn(CC(=O)N3CCCC[C@@H]3C)c3ccccc23)C1=O. The van der Waals surface area contributed by atoms with Crippen molar-refractivity contribution >= 4 is 45.8 Å².